The van der Waals surface area contributed by atoms with Crippen molar-refractivity contribution in [2.24, 2.45) is 0 Å². The van der Waals surface area contributed by atoms with Gasteiger partial charge in [-0.1, -0.05) is 54.6 Å². The van der Waals surface area contributed by atoms with E-state index in [4.69, 9.17) is 4.74 Å². The van der Waals surface area contributed by atoms with Crippen molar-refractivity contribution in [1.29, 1.82) is 0 Å². The van der Waals surface area contributed by atoms with Gasteiger partial charge in [0.05, 0.1) is 6.10 Å². The zero-order valence-corrected chi connectivity index (χ0v) is 8.76. The molecule has 0 radical (unpaired) electrons. The summed E-state index contributed by atoms with van der Waals surface area (Å²) in [5.41, 5.74) is 2.42. The zero-order chi connectivity index (χ0) is 10.5. The predicted molar refractivity (Wildman–Crippen MR) is 63.5 cm³/mol. The highest BCUT2D eigenvalue weighted by Crippen LogP contribution is 2.19. The summed E-state index contributed by atoms with van der Waals surface area (Å²) >= 11 is 0. The maximum Gasteiger partial charge on any atom is 0.0945 e. The van der Waals surface area contributed by atoms with Gasteiger partial charge in [0.2, 0.25) is 0 Å². The Bertz CT molecular complexity index is 399. The Morgan fingerprint density at radius 1 is 1.07 bits per heavy atom. The monoisotopic (exact) mass is 198 g/mol. The van der Waals surface area contributed by atoms with Crippen LogP contribution in [0, 0.1) is 0 Å². The lowest BCUT2D eigenvalue weighted by atomic mass is 10.0. The van der Waals surface area contributed by atoms with Crippen molar-refractivity contribution >= 4 is 5.57 Å². The fourth-order valence-electron chi connectivity index (χ4n) is 1.59. The third kappa shape index (κ3) is 2.45. The van der Waals surface area contributed by atoms with Gasteiger partial charge in [0.1, 0.15) is 0 Å². The molecule has 0 heterocycles. The molecule has 1 unspecified atom stereocenters. The van der Waals surface area contributed by atoms with Crippen LogP contribution >= 0.6 is 0 Å². The number of hydrogen-bond acceptors (Lipinski definition) is 1. The zero-order valence-electron chi connectivity index (χ0n) is 8.76. The van der Waals surface area contributed by atoms with E-state index in [1.165, 1.54) is 11.1 Å². The van der Waals surface area contributed by atoms with E-state index in [-0.39, 0.29) is 6.10 Å². The fraction of sp³-hybridized carbons (Fsp3) is 0.143. The maximum atomic E-state index is 5.32. The van der Waals surface area contributed by atoms with Crippen LogP contribution in [0.3, 0.4) is 0 Å². The molecule has 0 amide bonds. The van der Waals surface area contributed by atoms with Crippen LogP contribution in [-0.2, 0) is 4.74 Å². The first kappa shape index (κ1) is 9.94. The number of allylic oxidation sites excluding steroid dienone is 4. The third-order valence-corrected chi connectivity index (χ3v) is 2.41. The standard InChI is InChI=1S/C14H14O/c1-15-14-10-6-5-9-13(11-14)12-7-3-2-4-8-12/h2-11,14H,1H3. The van der Waals surface area contributed by atoms with E-state index in [1.54, 1.807) is 7.11 Å². The van der Waals surface area contributed by atoms with Gasteiger partial charge in [-0.25, -0.2) is 0 Å². The van der Waals surface area contributed by atoms with Gasteiger partial charge in [-0.2, -0.15) is 0 Å². The second-order valence-electron chi connectivity index (χ2n) is 3.43. The molecule has 0 spiro atoms. The Labute approximate surface area is 90.4 Å². The Morgan fingerprint density at radius 2 is 1.87 bits per heavy atom. The van der Waals surface area contributed by atoms with E-state index in [0.29, 0.717) is 0 Å². The smallest absolute Gasteiger partial charge is 0.0945 e. The lowest BCUT2D eigenvalue weighted by Crippen LogP contribution is -2.02. The fourth-order valence-corrected chi connectivity index (χ4v) is 1.59. The Balaban J connectivity index is 2.33. The summed E-state index contributed by atoms with van der Waals surface area (Å²) in [7, 11) is 1.72. The van der Waals surface area contributed by atoms with Gasteiger partial charge in [0, 0.05) is 7.11 Å². The lowest BCUT2D eigenvalue weighted by Gasteiger charge is -2.07. The molecule has 0 aliphatic heterocycles. The Morgan fingerprint density at radius 3 is 2.60 bits per heavy atom. The molecular weight excluding hydrogens is 184 g/mol. The minimum absolute atomic E-state index is 0.0650. The number of ether oxygens (including phenoxy) is 1. The number of methoxy groups -OCH3 is 1. The molecule has 76 valence electrons. The van der Waals surface area contributed by atoms with Crippen molar-refractivity contribution in [2.75, 3.05) is 7.11 Å². The summed E-state index contributed by atoms with van der Waals surface area (Å²) in [5.74, 6) is 0. The van der Waals surface area contributed by atoms with Crippen LogP contribution in [-0.4, -0.2) is 13.2 Å². The predicted octanol–water partition coefficient (Wildman–Crippen LogP) is 3.21. The van der Waals surface area contributed by atoms with E-state index in [1.807, 2.05) is 36.4 Å². The van der Waals surface area contributed by atoms with E-state index in [0.717, 1.165) is 0 Å². The first-order chi connectivity index (χ1) is 7.40. The lowest BCUT2D eigenvalue weighted by molar-refractivity contribution is 0.178. The van der Waals surface area contributed by atoms with Gasteiger partial charge in [-0.15, -0.1) is 0 Å². The van der Waals surface area contributed by atoms with Gasteiger partial charge in [-0.05, 0) is 17.2 Å². The number of benzene rings is 1. The van der Waals surface area contributed by atoms with Crippen LogP contribution < -0.4 is 0 Å². The molecule has 1 nitrogen and oxygen atoms in total. The topological polar surface area (TPSA) is 9.23 Å². The second kappa shape index (κ2) is 4.76. The average Bonchev–Trinajstić information content (AvgIpc) is 2.55. The summed E-state index contributed by atoms with van der Waals surface area (Å²) in [6.07, 6.45) is 10.4. The third-order valence-electron chi connectivity index (χ3n) is 2.41. The van der Waals surface area contributed by atoms with Crippen molar-refractivity contribution in [3.05, 3.63) is 66.3 Å². The van der Waals surface area contributed by atoms with Crippen molar-refractivity contribution < 1.29 is 4.74 Å². The average molecular weight is 198 g/mol. The van der Waals surface area contributed by atoms with Gasteiger partial charge < -0.3 is 4.74 Å². The van der Waals surface area contributed by atoms with Crippen LogP contribution in [0.4, 0.5) is 0 Å². The molecule has 0 N–H and O–H groups in total. The molecule has 1 atom stereocenters. The Kier molecular flexibility index (Phi) is 3.15. The normalized spacial score (nSPS) is 19.8. The molecule has 1 heteroatoms. The molecule has 1 aliphatic carbocycles. The van der Waals surface area contributed by atoms with Crippen molar-refractivity contribution in [3.8, 4) is 0 Å². The molecule has 1 aromatic carbocycles. The highest BCUT2D eigenvalue weighted by atomic mass is 16.5. The van der Waals surface area contributed by atoms with Gasteiger partial charge in [-0.3, -0.25) is 0 Å². The van der Waals surface area contributed by atoms with Crippen LogP contribution in [0.25, 0.3) is 5.57 Å². The van der Waals surface area contributed by atoms with Crippen molar-refractivity contribution in [2.45, 2.75) is 6.10 Å². The molecule has 15 heavy (non-hydrogen) atoms. The van der Waals surface area contributed by atoms with Gasteiger partial charge in [0.25, 0.3) is 0 Å². The quantitative estimate of drug-likeness (QED) is 0.709. The maximum absolute atomic E-state index is 5.32. The molecule has 0 fully saturated rings. The van der Waals surface area contributed by atoms with Crippen LogP contribution in [0.2, 0.25) is 0 Å². The summed E-state index contributed by atoms with van der Waals surface area (Å²) in [4.78, 5) is 0. The van der Waals surface area contributed by atoms with E-state index >= 15 is 0 Å². The van der Waals surface area contributed by atoms with E-state index < -0.39 is 0 Å². The summed E-state index contributed by atoms with van der Waals surface area (Å²) < 4.78 is 5.32. The largest absolute Gasteiger partial charge is 0.373 e. The van der Waals surface area contributed by atoms with Crippen LogP contribution in [0.5, 0.6) is 0 Å². The SMILES string of the molecule is COC1C=CC=CC(c2ccccc2)=C1. The highest BCUT2D eigenvalue weighted by molar-refractivity contribution is 5.75. The molecule has 0 saturated carbocycles. The highest BCUT2D eigenvalue weighted by Gasteiger charge is 2.04. The molecular formula is C14H14O. The minimum Gasteiger partial charge on any atom is -0.373 e. The molecule has 0 saturated heterocycles. The summed E-state index contributed by atoms with van der Waals surface area (Å²) in [6.45, 7) is 0. The number of rotatable bonds is 2. The van der Waals surface area contributed by atoms with Crippen molar-refractivity contribution in [3.63, 3.8) is 0 Å². The van der Waals surface area contributed by atoms with Gasteiger partial charge >= 0.3 is 0 Å². The minimum atomic E-state index is 0.0650. The second-order valence-corrected chi connectivity index (χ2v) is 3.43. The number of hydrogen-bond donors (Lipinski definition) is 0. The molecule has 1 aromatic rings. The van der Waals surface area contributed by atoms with E-state index in [9.17, 15) is 0 Å². The van der Waals surface area contributed by atoms with Crippen molar-refractivity contribution in [1.82, 2.24) is 0 Å². The first-order valence-corrected chi connectivity index (χ1v) is 5.05. The summed E-state index contributed by atoms with van der Waals surface area (Å²) in [6, 6.07) is 10.3. The van der Waals surface area contributed by atoms with Crippen LogP contribution in [0.15, 0.2) is 60.7 Å². The summed E-state index contributed by atoms with van der Waals surface area (Å²) in [5, 5.41) is 0. The Hall–Kier alpha value is -1.60. The molecule has 1 aliphatic rings. The van der Waals surface area contributed by atoms with Crippen LogP contribution in [0.1, 0.15) is 5.56 Å². The first-order valence-electron chi connectivity index (χ1n) is 5.05. The van der Waals surface area contributed by atoms with Gasteiger partial charge in [0.15, 0.2) is 0 Å². The van der Waals surface area contributed by atoms with E-state index in [2.05, 4.69) is 24.3 Å². The molecule has 0 aromatic heterocycles. The molecule has 0 bridgehead atoms. The molecule has 2 rings (SSSR count).